The molecule has 0 bridgehead atoms. The van der Waals surface area contributed by atoms with Gasteiger partial charge in [0.2, 0.25) is 0 Å². The molecule has 2 rings (SSSR count). The zero-order chi connectivity index (χ0) is 12.3. The SMILES string of the molecule is CNCc1cn[nH]c1S(=O)(=O)NC1CCOC1. The molecule has 1 aromatic heterocycles. The van der Waals surface area contributed by atoms with E-state index in [0.29, 0.717) is 31.7 Å². The third-order valence-electron chi connectivity index (χ3n) is 2.57. The molecule has 0 amide bonds. The molecule has 96 valence electrons. The van der Waals surface area contributed by atoms with Gasteiger partial charge in [-0.15, -0.1) is 0 Å². The third-order valence-corrected chi connectivity index (χ3v) is 4.10. The largest absolute Gasteiger partial charge is 0.380 e. The van der Waals surface area contributed by atoms with E-state index < -0.39 is 10.0 Å². The molecule has 2 heterocycles. The predicted molar refractivity (Wildman–Crippen MR) is 60.9 cm³/mol. The van der Waals surface area contributed by atoms with E-state index in [1.165, 1.54) is 6.20 Å². The van der Waals surface area contributed by atoms with Crippen molar-refractivity contribution in [3.8, 4) is 0 Å². The van der Waals surface area contributed by atoms with E-state index >= 15 is 0 Å². The Hall–Kier alpha value is -0.960. The van der Waals surface area contributed by atoms with E-state index in [2.05, 4.69) is 20.2 Å². The van der Waals surface area contributed by atoms with Gasteiger partial charge in [0.1, 0.15) is 0 Å². The summed E-state index contributed by atoms with van der Waals surface area (Å²) < 4.78 is 31.9. The van der Waals surface area contributed by atoms with Crippen LogP contribution in [0.25, 0.3) is 0 Å². The number of nitrogens with one attached hydrogen (secondary N) is 3. The quantitative estimate of drug-likeness (QED) is 0.644. The van der Waals surface area contributed by atoms with Crippen LogP contribution in [0.2, 0.25) is 0 Å². The van der Waals surface area contributed by atoms with Crippen LogP contribution in [0.3, 0.4) is 0 Å². The maximum Gasteiger partial charge on any atom is 0.258 e. The van der Waals surface area contributed by atoms with Crippen molar-refractivity contribution in [2.75, 3.05) is 20.3 Å². The Morgan fingerprint density at radius 2 is 2.47 bits per heavy atom. The van der Waals surface area contributed by atoms with Crippen LogP contribution < -0.4 is 10.0 Å². The maximum atomic E-state index is 12.1. The Bertz CT molecular complexity index is 464. The van der Waals surface area contributed by atoms with Gasteiger partial charge in [0, 0.05) is 24.8 Å². The average Bonchev–Trinajstić information content (AvgIpc) is 2.88. The lowest BCUT2D eigenvalue weighted by molar-refractivity contribution is 0.192. The number of sulfonamides is 1. The van der Waals surface area contributed by atoms with Crippen LogP contribution in [-0.4, -0.2) is 44.9 Å². The highest BCUT2D eigenvalue weighted by atomic mass is 32.2. The molecule has 1 fully saturated rings. The van der Waals surface area contributed by atoms with Gasteiger partial charge in [0.15, 0.2) is 5.03 Å². The Balaban J connectivity index is 2.15. The van der Waals surface area contributed by atoms with Gasteiger partial charge < -0.3 is 10.1 Å². The molecule has 0 saturated carbocycles. The number of aromatic nitrogens is 2. The van der Waals surface area contributed by atoms with Crippen molar-refractivity contribution in [3.63, 3.8) is 0 Å². The van der Waals surface area contributed by atoms with Crippen LogP contribution in [0.1, 0.15) is 12.0 Å². The second-order valence-corrected chi connectivity index (χ2v) is 5.59. The average molecular weight is 260 g/mol. The van der Waals surface area contributed by atoms with E-state index in [1.807, 2.05) is 0 Å². The number of hydrogen-bond donors (Lipinski definition) is 3. The monoisotopic (exact) mass is 260 g/mol. The Kier molecular flexibility index (Phi) is 3.77. The van der Waals surface area contributed by atoms with Crippen molar-refractivity contribution >= 4 is 10.0 Å². The number of aromatic amines is 1. The van der Waals surface area contributed by atoms with Gasteiger partial charge in [-0.3, -0.25) is 5.10 Å². The molecule has 1 unspecified atom stereocenters. The minimum atomic E-state index is -3.54. The molecule has 1 aliphatic rings. The maximum absolute atomic E-state index is 12.1. The topological polar surface area (TPSA) is 96.1 Å². The molecule has 8 heteroatoms. The molecular formula is C9H16N4O3S. The Morgan fingerprint density at radius 3 is 3.12 bits per heavy atom. The van der Waals surface area contributed by atoms with Crippen molar-refractivity contribution in [1.29, 1.82) is 0 Å². The van der Waals surface area contributed by atoms with Crippen LogP contribution >= 0.6 is 0 Å². The van der Waals surface area contributed by atoms with E-state index in [4.69, 9.17) is 4.74 Å². The van der Waals surface area contributed by atoms with Crippen molar-refractivity contribution in [1.82, 2.24) is 20.2 Å². The molecule has 0 spiro atoms. The zero-order valence-electron chi connectivity index (χ0n) is 9.56. The van der Waals surface area contributed by atoms with E-state index in [9.17, 15) is 8.42 Å². The normalized spacial score (nSPS) is 20.9. The first-order valence-electron chi connectivity index (χ1n) is 5.40. The van der Waals surface area contributed by atoms with Crippen LogP contribution in [-0.2, 0) is 21.3 Å². The number of H-pyrrole nitrogens is 1. The van der Waals surface area contributed by atoms with Gasteiger partial charge in [-0.25, -0.2) is 13.1 Å². The summed E-state index contributed by atoms with van der Waals surface area (Å²) in [5.74, 6) is 0. The summed E-state index contributed by atoms with van der Waals surface area (Å²) in [6.45, 7) is 1.47. The van der Waals surface area contributed by atoms with Crippen molar-refractivity contribution < 1.29 is 13.2 Å². The first-order valence-corrected chi connectivity index (χ1v) is 6.88. The first-order chi connectivity index (χ1) is 8.13. The lowest BCUT2D eigenvalue weighted by atomic mass is 10.3. The molecule has 1 aromatic rings. The second-order valence-electron chi connectivity index (χ2n) is 3.94. The smallest absolute Gasteiger partial charge is 0.258 e. The second kappa shape index (κ2) is 5.13. The molecular weight excluding hydrogens is 244 g/mol. The highest BCUT2D eigenvalue weighted by molar-refractivity contribution is 7.89. The number of nitrogens with zero attached hydrogens (tertiary/aromatic N) is 1. The van der Waals surface area contributed by atoms with Crippen LogP contribution in [0.15, 0.2) is 11.2 Å². The van der Waals surface area contributed by atoms with Gasteiger partial charge in [0.05, 0.1) is 12.8 Å². The molecule has 0 aliphatic carbocycles. The zero-order valence-corrected chi connectivity index (χ0v) is 10.4. The number of rotatable bonds is 5. The highest BCUT2D eigenvalue weighted by Crippen LogP contribution is 2.14. The fourth-order valence-corrected chi connectivity index (χ4v) is 3.14. The number of ether oxygens (including phenoxy) is 1. The fourth-order valence-electron chi connectivity index (χ4n) is 1.75. The van der Waals surface area contributed by atoms with Gasteiger partial charge >= 0.3 is 0 Å². The lowest BCUT2D eigenvalue weighted by Gasteiger charge is -2.11. The first kappa shape index (κ1) is 12.5. The van der Waals surface area contributed by atoms with Gasteiger partial charge in [-0.1, -0.05) is 0 Å². The lowest BCUT2D eigenvalue weighted by Crippen LogP contribution is -2.35. The summed E-state index contributed by atoms with van der Waals surface area (Å²) in [7, 11) is -1.79. The summed E-state index contributed by atoms with van der Waals surface area (Å²) in [5, 5.41) is 9.31. The van der Waals surface area contributed by atoms with Crippen molar-refractivity contribution in [2.24, 2.45) is 0 Å². The fraction of sp³-hybridized carbons (Fsp3) is 0.667. The summed E-state index contributed by atoms with van der Waals surface area (Å²) in [4.78, 5) is 0. The Labute approximate surface area is 100.0 Å². The van der Waals surface area contributed by atoms with Crippen LogP contribution in [0, 0.1) is 0 Å². The molecule has 0 aromatic carbocycles. The standard InChI is InChI=1S/C9H16N4O3S/c1-10-4-7-5-11-12-9(7)17(14,15)13-8-2-3-16-6-8/h5,8,10,13H,2-4,6H2,1H3,(H,11,12). The van der Waals surface area contributed by atoms with Crippen molar-refractivity contribution in [2.45, 2.75) is 24.0 Å². The summed E-state index contributed by atoms with van der Waals surface area (Å²) in [5.41, 5.74) is 0.624. The van der Waals surface area contributed by atoms with Crippen LogP contribution in [0.4, 0.5) is 0 Å². The molecule has 1 saturated heterocycles. The molecule has 17 heavy (non-hydrogen) atoms. The minimum Gasteiger partial charge on any atom is -0.380 e. The van der Waals surface area contributed by atoms with Gasteiger partial charge in [-0.2, -0.15) is 5.10 Å². The van der Waals surface area contributed by atoms with Crippen LogP contribution in [0.5, 0.6) is 0 Å². The predicted octanol–water partition coefficient (Wildman–Crippen LogP) is -0.804. The molecule has 1 atom stereocenters. The minimum absolute atomic E-state index is 0.124. The van der Waals surface area contributed by atoms with Crippen molar-refractivity contribution in [3.05, 3.63) is 11.8 Å². The highest BCUT2D eigenvalue weighted by Gasteiger charge is 2.26. The number of hydrogen-bond acceptors (Lipinski definition) is 5. The van der Waals surface area contributed by atoms with Gasteiger partial charge in [0.25, 0.3) is 10.0 Å². The summed E-state index contributed by atoms with van der Waals surface area (Å²) in [6, 6.07) is -0.147. The van der Waals surface area contributed by atoms with Gasteiger partial charge in [-0.05, 0) is 13.5 Å². The molecule has 0 radical (unpaired) electrons. The molecule has 7 nitrogen and oxygen atoms in total. The van der Waals surface area contributed by atoms with E-state index in [0.717, 1.165) is 0 Å². The molecule has 3 N–H and O–H groups in total. The van der Waals surface area contributed by atoms with E-state index in [-0.39, 0.29) is 11.1 Å². The van der Waals surface area contributed by atoms with E-state index in [1.54, 1.807) is 7.05 Å². The summed E-state index contributed by atoms with van der Waals surface area (Å²) in [6.07, 6.45) is 2.21. The Morgan fingerprint density at radius 1 is 1.65 bits per heavy atom. The summed E-state index contributed by atoms with van der Waals surface area (Å²) >= 11 is 0. The third kappa shape index (κ3) is 2.83. The molecule has 1 aliphatic heterocycles.